The second-order valence-corrected chi connectivity index (χ2v) is 6.31. The van der Waals surface area contributed by atoms with Crippen molar-refractivity contribution in [3.05, 3.63) is 71.4 Å². The average molecular weight is 382 g/mol. The second-order valence-electron chi connectivity index (χ2n) is 5.87. The Bertz CT molecular complexity index is 976. The highest BCUT2D eigenvalue weighted by molar-refractivity contribution is 6.30. The van der Waals surface area contributed by atoms with Gasteiger partial charge < -0.3 is 20.1 Å². The molecule has 2 aromatic carbocycles. The fraction of sp³-hybridized carbons (Fsp3) is 0.100. The zero-order valence-corrected chi connectivity index (χ0v) is 15.0. The molecule has 0 fully saturated rings. The van der Waals surface area contributed by atoms with Crippen LogP contribution in [0.1, 0.15) is 10.4 Å². The minimum Gasteiger partial charge on any atom is -0.486 e. The van der Waals surface area contributed by atoms with E-state index in [1.165, 1.54) is 0 Å². The van der Waals surface area contributed by atoms with Gasteiger partial charge >= 0.3 is 0 Å². The highest BCUT2D eigenvalue weighted by Crippen LogP contribution is 2.33. The third-order valence-electron chi connectivity index (χ3n) is 3.94. The number of pyridine rings is 1. The first-order chi connectivity index (χ1) is 13.2. The van der Waals surface area contributed by atoms with Gasteiger partial charge in [0, 0.05) is 34.2 Å². The van der Waals surface area contributed by atoms with Crippen LogP contribution in [-0.4, -0.2) is 24.1 Å². The Hall–Kier alpha value is -3.25. The molecule has 0 aliphatic carbocycles. The molecule has 4 rings (SSSR count). The molecule has 7 heteroatoms. The van der Waals surface area contributed by atoms with Crippen molar-refractivity contribution in [1.82, 2.24) is 4.98 Å². The van der Waals surface area contributed by atoms with Crippen LogP contribution in [-0.2, 0) is 0 Å². The first kappa shape index (κ1) is 17.2. The van der Waals surface area contributed by atoms with Gasteiger partial charge in [0.1, 0.15) is 19.0 Å². The Morgan fingerprint density at radius 3 is 2.48 bits per heavy atom. The van der Waals surface area contributed by atoms with E-state index in [1.807, 2.05) is 18.2 Å². The number of hydrogen-bond donors (Lipinski definition) is 2. The van der Waals surface area contributed by atoms with E-state index < -0.39 is 0 Å². The van der Waals surface area contributed by atoms with E-state index >= 15 is 0 Å². The molecule has 0 bridgehead atoms. The number of nitrogens with one attached hydrogen (secondary N) is 2. The predicted octanol–water partition coefficient (Wildman–Crippen LogP) is 4.50. The summed E-state index contributed by atoms with van der Waals surface area (Å²) in [7, 11) is 0. The number of anilines is 3. The average Bonchev–Trinajstić information content (AvgIpc) is 2.70. The Morgan fingerprint density at radius 1 is 0.926 bits per heavy atom. The zero-order valence-electron chi connectivity index (χ0n) is 14.2. The highest BCUT2D eigenvalue weighted by Gasteiger charge is 2.12. The molecule has 1 aromatic heterocycles. The van der Waals surface area contributed by atoms with Crippen molar-refractivity contribution in [2.24, 2.45) is 0 Å². The molecular weight excluding hydrogens is 366 g/mol. The predicted molar refractivity (Wildman–Crippen MR) is 104 cm³/mol. The molecule has 27 heavy (non-hydrogen) atoms. The number of ether oxygens (including phenoxy) is 2. The molecule has 6 nitrogen and oxygen atoms in total. The second kappa shape index (κ2) is 7.55. The van der Waals surface area contributed by atoms with Crippen molar-refractivity contribution in [3.63, 3.8) is 0 Å². The van der Waals surface area contributed by atoms with Crippen LogP contribution in [0.3, 0.4) is 0 Å². The van der Waals surface area contributed by atoms with Crippen LogP contribution in [0.4, 0.5) is 17.2 Å². The van der Waals surface area contributed by atoms with E-state index in [9.17, 15) is 4.79 Å². The molecule has 2 N–H and O–H groups in total. The van der Waals surface area contributed by atoms with Gasteiger partial charge in [-0.2, -0.15) is 0 Å². The third-order valence-corrected chi connectivity index (χ3v) is 4.19. The minimum absolute atomic E-state index is 0.232. The van der Waals surface area contributed by atoms with Crippen LogP contribution < -0.4 is 20.1 Å². The Balaban J connectivity index is 1.48. The van der Waals surface area contributed by atoms with Crippen molar-refractivity contribution in [2.75, 3.05) is 23.8 Å². The molecule has 0 saturated carbocycles. The largest absolute Gasteiger partial charge is 0.486 e. The molecule has 1 amide bonds. The molecule has 0 unspecified atom stereocenters. The number of carbonyl (C=O) groups is 1. The number of nitrogens with zero attached hydrogens (tertiary/aromatic N) is 1. The molecule has 0 saturated heterocycles. The molecular formula is C20H16ClN3O3. The van der Waals surface area contributed by atoms with Gasteiger partial charge in [-0.1, -0.05) is 11.6 Å². The fourth-order valence-corrected chi connectivity index (χ4v) is 2.77. The number of carbonyl (C=O) groups excluding carboxylic acids is 1. The normalized spacial score (nSPS) is 12.3. The van der Waals surface area contributed by atoms with Gasteiger partial charge in [-0.05, 0) is 48.5 Å². The van der Waals surface area contributed by atoms with Gasteiger partial charge in [-0.3, -0.25) is 4.79 Å². The smallest absolute Gasteiger partial charge is 0.255 e. The van der Waals surface area contributed by atoms with Gasteiger partial charge in [0.15, 0.2) is 11.5 Å². The lowest BCUT2D eigenvalue weighted by Crippen LogP contribution is -2.15. The zero-order chi connectivity index (χ0) is 18.6. The van der Waals surface area contributed by atoms with E-state index in [4.69, 9.17) is 21.1 Å². The van der Waals surface area contributed by atoms with Crippen molar-refractivity contribution in [1.29, 1.82) is 0 Å². The summed E-state index contributed by atoms with van der Waals surface area (Å²) in [4.78, 5) is 16.7. The molecule has 1 aliphatic heterocycles. The maximum absolute atomic E-state index is 12.5. The van der Waals surface area contributed by atoms with Gasteiger partial charge in [-0.25, -0.2) is 4.98 Å². The lowest BCUT2D eigenvalue weighted by atomic mass is 10.2. The van der Waals surface area contributed by atoms with Crippen LogP contribution in [0, 0.1) is 0 Å². The third kappa shape index (κ3) is 4.12. The number of aromatic nitrogens is 1. The molecule has 1 aliphatic rings. The molecule has 3 aromatic rings. The monoisotopic (exact) mass is 381 g/mol. The summed E-state index contributed by atoms with van der Waals surface area (Å²) in [5, 5.41) is 6.62. The van der Waals surface area contributed by atoms with E-state index in [-0.39, 0.29) is 5.91 Å². The standard InChI is InChI=1S/C20H16ClN3O3/c21-14-1-3-15(4-2-14)24-20(25)13-7-8-22-19(11-13)23-16-5-6-17-18(12-16)27-10-9-26-17/h1-8,11-12H,9-10H2,(H,22,23)(H,24,25). The Labute approximate surface area is 161 Å². The van der Waals surface area contributed by atoms with Crippen LogP contribution in [0.5, 0.6) is 11.5 Å². The quantitative estimate of drug-likeness (QED) is 0.696. The molecule has 0 radical (unpaired) electrons. The number of halogens is 1. The molecule has 0 spiro atoms. The highest BCUT2D eigenvalue weighted by atomic mass is 35.5. The lowest BCUT2D eigenvalue weighted by molar-refractivity contribution is 0.102. The van der Waals surface area contributed by atoms with Crippen molar-refractivity contribution < 1.29 is 14.3 Å². The van der Waals surface area contributed by atoms with Crippen LogP contribution in [0.15, 0.2) is 60.8 Å². The summed E-state index contributed by atoms with van der Waals surface area (Å²) in [6.45, 7) is 1.07. The van der Waals surface area contributed by atoms with Gasteiger partial charge in [0.2, 0.25) is 0 Å². The van der Waals surface area contributed by atoms with Crippen molar-refractivity contribution in [2.45, 2.75) is 0 Å². The van der Waals surface area contributed by atoms with Crippen molar-refractivity contribution >= 4 is 34.7 Å². The number of benzene rings is 2. The van der Waals surface area contributed by atoms with Gasteiger partial charge in [0.05, 0.1) is 0 Å². The minimum atomic E-state index is -0.232. The number of fused-ring (bicyclic) bond motifs is 1. The van der Waals surface area contributed by atoms with Gasteiger partial charge in [0.25, 0.3) is 5.91 Å². The number of hydrogen-bond acceptors (Lipinski definition) is 5. The molecule has 0 atom stereocenters. The Kier molecular flexibility index (Phi) is 4.80. The molecule has 2 heterocycles. The SMILES string of the molecule is O=C(Nc1ccc(Cl)cc1)c1ccnc(Nc2ccc3c(c2)OCCO3)c1. The van der Waals surface area contributed by atoms with E-state index in [1.54, 1.807) is 42.6 Å². The van der Waals surface area contributed by atoms with Gasteiger partial charge in [-0.15, -0.1) is 0 Å². The first-order valence-corrected chi connectivity index (χ1v) is 8.75. The van der Waals surface area contributed by atoms with Crippen LogP contribution >= 0.6 is 11.6 Å². The number of rotatable bonds is 4. The molecule has 136 valence electrons. The van der Waals surface area contributed by atoms with Crippen molar-refractivity contribution in [3.8, 4) is 11.5 Å². The van der Waals surface area contributed by atoms with Crippen LogP contribution in [0.2, 0.25) is 5.02 Å². The summed E-state index contributed by atoms with van der Waals surface area (Å²) < 4.78 is 11.1. The maximum Gasteiger partial charge on any atom is 0.255 e. The summed E-state index contributed by atoms with van der Waals surface area (Å²) in [6.07, 6.45) is 1.58. The first-order valence-electron chi connectivity index (χ1n) is 8.37. The summed E-state index contributed by atoms with van der Waals surface area (Å²) in [5.74, 6) is 1.72. The van der Waals surface area contributed by atoms with E-state index in [0.717, 1.165) is 11.4 Å². The van der Waals surface area contributed by atoms with E-state index in [2.05, 4.69) is 15.6 Å². The summed E-state index contributed by atoms with van der Waals surface area (Å²) >= 11 is 5.86. The number of amides is 1. The van der Waals surface area contributed by atoms with Crippen LogP contribution in [0.25, 0.3) is 0 Å². The summed E-state index contributed by atoms with van der Waals surface area (Å²) in [6, 6.07) is 15.8. The Morgan fingerprint density at radius 2 is 1.67 bits per heavy atom. The summed E-state index contributed by atoms with van der Waals surface area (Å²) in [5.41, 5.74) is 1.95. The maximum atomic E-state index is 12.5. The topological polar surface area (TPSA) is 72.5 Å². The lowest BCUT2D eigenvalue weighted by Gasteiger charge is -2.19. The van der Waals surface area contributed by atoms with E-state index in [0.29, 0.717) is 41.1 Å². The fourth-order valence-electron chi connectivity index (χ4n) is 2.65.